The highest BCUT2D eigenvalue weighted by Crippen LogP contribution is 2.36. The van der Waals surface area contributed by atoms with Crippen molar-refractivity contribution >= 4 is 23.5 Å². The van der Waals surface area contributed by atoms with Crippen LogP contribution in [0.3, 0.4) is 0 Å². The molecule has 4 unspecified atom stereocenters. The first-order chi connectivity index (χ1) is 20.8. The van der Waals surface area contributed by atoms with E-state index in [1.807, 2.05) is 23.5 Å². The smallest absolute Gasteiger partial charge is 0.160 e. The maximum Gasteiger partial charge on any atom is 0.160 e. The summed E-state index contributed by atoms with van der Waals surface area (Å²) >= 11 is 3.92. The van der Waals surface area contributed by atoms with Crippen molar-refractivity contribution in [3.8, 4) is 0 Å². The molecule has 1 fully saturated rings. The molecule has 0 saturated carbocycles. The fourth-order valence-corrected chi connectivity index (χ4v) is 7.91. The summed E-state index contributed by atoms with van der Waals surface area (Å²) in [6.45, 7) is 3.65. The minimum atomic E-state index is -0.216. The van der Waals surface area contributed by atoms with E-state index in [2.05, 4.69) is 97.9 Å². The van der Waals surface area contributed by atoms with Gasteiger partial charge in [-0.1, -0.05) is 143 Å². The normalized spacial score (nSPS) is 20.5. The maximum absolute atomic E-state index is 6.74. The van der Waals surface area contributed by atoms with E-state index in [1.54, 1.807) is 0 Å². The summed E-state index contributed by atoms with van der Waals surface area (Å²) in [5.41, 5.74) is 3.90. The Balaban J connectivity index is 1.37. The van der Waals surface area contributed by atoms with E-state index in [0.29, 0.717) is 6.61 Å². The van der Waals surface area contributed by atoms with Crippen molar-refractivity contribution in [1.29, 1.82) is 0 Å². The average Bonchev–Trinajstić information content (AvgIpc) is 3.04. The predicted molar refractivity (Wildman–Crippen MR) is 181 cm³/mol. The molecule has 0 amide bonds. The van der Waals surface area contributed by atoms with Gasteiger partial charge in [0, 0.05) is 30.3 Å². The van der Waals surface area contributed by atoms with Gasteiger partial charge in [0.1, 0.15) is 0 Å². The van der Waals surface area contributed by atoms with Gasteiger partial charge >= 0.3 is 0 Å². The van der Waals surface area contributed by atoms with Crippen LogP contribution in [-0.2, 0) is 32.3 Å². The van der Waals surface area contributed by atoms with Crippen LogP contribution in [0.1, 0.15) is 81.4 Å². The van der Waals surface area contributed by atoms with E-state index in [9.17, 15) is 0 Å². The minimum Gasteiger partial charge on any atom is -0.372 e. The predicted octanol–water partition coefficient (Wildman–Crippen LogP) is 10.1. The lowest BCUT2D eigenvalue weighted by Gasteiger charge is -2.41. The van der Waals surface area contributed by atoms with E-state index < -0.39 is 0 Å². The second-order valence-electron chi connectivity index (χ2n) is 11.3. The van der Waals surface area contributed by atoms with Crippen molar-refractivity contribution in [1.82, 2.24) is 0 Å². The number of thioether (sulfide) groups is 2. The number of hydrogen-bond donors (Lipinski definition) is 0. The molecule has 0 spiro atoms. The van der Waals surface area contributed by atoms with Gasteiger partial charge in [-0.2, -0.15) is 11.8 Å². The quantitative estimate of drug-likeness (QED) is 0.119. The Labute approximate surface area is 263 Å². The third-order valence-corrected chi connectivity index (χ3v) is 10.4. The van der Waals surface area contributed by atoms with Crippen LogP contribution in [0.25, 0.3) is 0 Å². The highest BCUT2D eigenvalue weighted by atomic mass is 32.2. The lowest BCUT2D eigenvalue weighted by atomic mass is 10.0. The van der Waals surface area contributed by atoms with E-state index in [1.165, 1.54) is 61.6 Å². The number of ether oxygens (including phenoxy) is 3. The lowest BCUT2D eigenvalue weighted by Crippen LogP contribution is -2.49. The Morgan fingerprint density at radius 3 is 1.88 bits per heavy atom. The molecule has 1 saturated heterocycles. The molecule has 42 heavy (non-hydrogen) atoms. The first kappa shape index (κ1) is 33.1. The molecular weight excluding hydrogens is 557 g/mol. The average molecular weight is 607 g/mol. The van der Waals surface area contributed by atoms with Gasteiger partial charge in [0.25, 0.3) is 0 Å². The molecule has 4 atom stereocenters. The van der Waals surface area contributed by atoms with E-state index >= 15 is 0 Å². The van der Waals surface area contributed by atoms with Crippen LogP contribution in [0.15, 0.2) is 91.0 Å². The second-order valence-corrected chi connectivity index (χ2v) is 13.5. The zero-order valence-corrected chi connectivity index (χ0v) is 27.0. The van der Waals surface area contributed by atoms with Gasteiger partial charge in [-0.3, -0.25) is 0 Å². The molecular formula is C37H50O3S2. The van der Waals surface area contributed by atoms with Crippen LogP contribution in [0.2, 0.25) is 0 Å². The molecule has 0 N–H and O–H groups in total. The number of benzene rings is 3. The summed E-state index contributed by atoms with van der Waals surface area (Å²) in [7, 11) is 0. The van der Waals surface area contributed by atoms with E-state index in [0.717, 1.165) is 36.7 Å². The van der Waals surface area contributed by atoms with Gasteiger partial charge in [-0.25, -0.2) is 0 Å². The van der Waals surface area contributed by atoms with Crippen LogP contribution in [-0.4, -0.2) is 36.1 Å². The van der Waals surface area contributed by atoms with Gasteiger partial charge in [0.15, 0.2) is 6.29 Å². The molecule has 3 nitrogen and oxygen atoms in total. The molecule has 228 valence electrons. The van der Waals surface area contributed by atoms with Crippen LogP contribution < -0.4 is 0 Å². The highest BCUT2D eigenvalue weighted by Gasteiger charge is 2.40. The summed E-state index contributed by atoms with van der Waals surface area (Å²) in [5.74, 6) is 2.85. The number of rotatable bonds is 20. The van der Waals surface area contributed by atoms with Crippen molar-refractivity contribution in [3.05, 3.63) is 108 Å². The molecule has 3 aromatic carbocycles. The topological polar surface area (TPSA) is 27.7 Å². The molecule has 0 radical (unpaired) electrons. The third kappa shape index (κ3) is 12.5. The third-order valence-electron chi connectivity index (χ3n) is 7.77. The highest BCUT2D eigenvalue weighted by molar-refractivity contribution is 7.99. The summed E-state index contributed by atoms with van der Waals surface area (Å²) in [4.78, 5) is 0. The summed E-state index contributed by atoms with van der Waals surface area (Å²) in [5, 5.41) is 0.236. The number of unbranched alkanes of at least 4 members (excludes halogenated alkanes) is 7. The molecule has 1 aliphatic heterocycles. The molecule has 1 aliphatic rings. The van der Waals surface area contributed by atoms with Gasteiger partial charge in [-0.05, 0) is 23.1 Å². The standard InChI is InChI=1S/C37H50O3S2/c1-2-3-4-5-6-7-8-18-25-38-36-26-34(39-27-31-19-12-9-13-20-31)37(42-29-33-23-16-11-17-24-33)35(40-36)30-41-28-32-21-14-10-15-22-32/h9-17,19-24,34-37H,2-8,18,25-30H2,1H3. The molecule has 5 heteroatoms. The maximum atomic E-state index is 6.74. The van der Waals surface area contributed by atoms with E-state index in [-0.39, 0.29) is 23.7 Å². The van der Waals surface area contributed by atoms with E-state index in [4.69, 9.17) is 14.2 Å². The molecule has 3 aromatic rings. The van der Waals surface area contributed by atoms with Gasteiger partial charge in [0.05, 0.1) is 24.1 Å². The second kappa shape index (κ2) is 20.2. The minimum absolute atomic E-state index is 0.0607. The first-order valence-electron chi connectivity index (χ1n) is 16.0. The summed E-state index contributed by atoms with van der Waals surface area (Å²) in [6, 6.07) is 32.0. The Morgan fingerprint density at radius 2 is 1.24 bits per heavy atom. The fourth-order valence-electron chi connectivity index (χ4n) is 5.37. The van der Waals surface area contributed by atoms with Gasteiger partial charge < -0.3 is 14.2 Å². The lowest BCUT2D eigenvalue weighted by molar-refractivity contribution is -0.215. The SMILES string of the molecule is CCCCCCCCCCOC1CC(OCc2ccccc2)C(SCc2ccccc2)C(CSCc2ccccc2)O1. The van der Waals surface area contributed by atoms with Crippen molar-refractivity contribution in [2.75, 3.05) is 12.4 Å². The fraction of sp³-hybridized carbons (Fsp3) is 0.514. The van der Waals surface area contributed by atoms with Gasteiger partial charge in [-0.15, -0.1) is 11.8 Å². The zero-order valence-electron chi connectivity index (χ0n) is 25.4. The van der Waals surface area contributed by atoms with Gasteiger partial charge in [0.2, 0.25) is 0 Å². The molecule has 1 heterocycles. The van der Waals surface area contributed by atoms with Crippen molar-refractivity contribution in [2.45, 2.75) is 107 Å². The molecule has 4 rings (SSSR count). The van der Waals surface area contributed by atoms with Crippen molar-refractivity contribution in [3.63, 3.8) is 0 Å². The van der Waals surface area contributed by atoms with Crippen LogP contribution >= 0.6 is 23.5 Å². The largest absolute Gasteiger partial charge is 0.372 e. The Bertz CT molecular complexity index is 1070. The number of hydrogen-bond acceptors (Lipinski definition) is 5. The molecule has 0 aliphatic carbocycles. The Kier molecular flexibility index (Phi) is 16.0. The van der Waals surface area contributed by atoms with Crippen molar-refractivity contribution in [2.24, 2.45) is 0 Å². The summed E-state index contributed by atoms with van der Waals surface area (Å²) < 4.78 is 19.8. The molecule has 0 aromatic heterocycles. The summed E-state index contributed by atoms with van der Waals surface area (Å²) in [6.07, 6.45) is 11.1. The molecule has 0 bridgehead atoms. The van der Waals surface area contributed by atoms with Crippen molar-refractivity contribution < 1.29 is 14.2 Å². The first-order valence-corrected chi connectivity index (χ1v) is 18.2. The van der Waals surface area contributed by atoms with Crippen LogP contribution in [0, 0.1) is 0 Å². The monoisotopic (exact) mass is 606 g/mol. The van der Waals surface area contributed by atoms with Crippen LogP contribution in [0.5, 0.6) is 0 Å². The Morgan fingerprint density at radius 1 is 0.667 bits per heavy atom. The Hall–Kier alpha value is -1.76. The zero-order chi connectivity index (χ0) is 29.1. The van der Waals surface area contributed by atoms with Crippen LogP contribution in [0.4, 0.5) is 0 Å².